The van der Waals surface area contributed by atoms with Gasteiger partial charge in [0.05, 0.1) is 6.61 Å². The van der Waals surface area contributed by atoms with Gasteiger partial charge in [-0.05, 0) is 31.4 Å². The molecule has 4 heteroatoms. The summed E-state index contributed by atoms with van der Waals surface area (Å²) in [6, 6.07) is 3.92. The van der Waals surface area contributed by atoms with Gasteiger partial charge in [-0.1, -0.05) is 0 Å². The van der Waals surface area contributed by atoms with Gasteiger partial charge in [0, 0.05) is 11.9 Å². The molecular weight excluding hydrogens is 210 g/mol. The maximum absolute atomic E-state index is 11.7. The molecule has 2 heterocycles. The Bertz CT molecular complexity index is 484. The van der Waals surface area contributed by atoms with E-state index in [-0.39, 0.29) is 5.97 Å². The molecule has 0 aromatic carbocycles. The van der Waals surface area contributed by atoms with E-state index in [0.29, 0.717) is 12.3 Å². The number of fused-ring (bicyclic) bond motifs is 1. The van der Waals surface area contributed by atoms with Crippen molar-refractivity contribution in [1.82, 2.24) is 4.57 Å². The highest BCUT2D eigenvalue weighted by Gasteiger charge is 2.15. The van der Waals surface area contributed by atoms with Gasteiger partial charge in [0.1, 0.15) is 10.5 Å². The molecule has 0 saturated carbocycles. The van der Waals surface area contributed by atoms with E-state index in [9.17, 15) is 4.79 Å². The van der Waals surface area contributed by atoms with Crippen molar-refractivity contribution in [3.8, 4) is 0 Å². The molecule has 80 valence electrons. The number of ether oxygens (including phenoxy) is 1. The first kappa shape index (κ1) is 10.2. The van der Waals surface area contributed by atoms with Gasteiger partial charge in [0.15, 0.2) is 0 Å². The van der Waals surface area contributed by atoms with E-state index in [0.717, 1.165) is 16.8 Å². The van der Waals surface area contributed by atoms with E-state index >= 15 is 0 Å². The summed E-state index contributed by atoms with van der Waals surface area (Å²) in [7, 11) is 0. The largest absolute Gasteiger partial charge is 0.461 e. The Morgan fingerprint density at radius 1 is 1.53 bits per heavy atom. The zero-order valence-electron chi connectivity index (χ0n) is 8.82. The Labute approximate surface area is 92.3 Å². The first-order valence-electron chi connectivity index (χ1n) is 5.01. The smallest absolute Gasteiger partial charge is 0.354 e. The van der Waals surface area contributed by atoms with Crippen LogP contribution in [0.4, 0.5) is 0 Å². The highest BCUT2D eigenvalue weighted by Crippen LogP contribution is 2.25. The Kier molecular flexibility index (Phi) is 2.77. The molecule has 0 aliphatic heterocycles. The van der Waals surface area contributed by atoms with Crippen LogP contribution >= 0.6 is 11.3 Å². The second kappa shape index (κ2) is 4.06. The lowest BCUT2D eigenvalue weighted by Gasteiger charge is -2.05. The number of esters is 1. The molecule has 2 aromatic rings. The SMILES string of the molecule is CCOC(=O)c1cc2ccsc2n1CC. The summed E-state index contributed by atoms with van der Waals surface area (Å²) in [4.78, 5) is 12.8. The van der Waals surface area contributed by atoms with Crippen LogP contribution in [0.25, 0.3) is 10.2 Å². The van der Waals surface area contributed by atoms with Gasteiger partial charge in [0.2, 0.25) is 0 Å². The molecular formula is C11H13NO2S. The Morgan fingerprint density at radius 3 is 3.00 bits per heavy atom. The highest BCUT2D eigenvalue weighted by molar-refractivity contribution is 7.16. The average Bonchev–Trinajstić information content (AvgIpc) is 2.76. The molecule has 0 spiro atoms. The Hall–Kier alpha value is -1.29. The second-order valence-electron chi connectivity index (χ2n) is 3.18. The first-order chi connectivity index (χ1) is 7.27. The summed E-state index contributed by atoms with van der Waals surface area (Å²) in [5, 5.41) is 3.15. The van der Waals surface area contributed by atoms with Crippen LogP contribution in [0.15, 0.2) is 17.5 Å². The fourth-order valence-corrected chi connectivity index (χ4v) is 2.62. The lowest BCUT2D eigenvalue weighted by Crippen LogP contribution is -2.10. The quantitative estimate of drug-likeness (QED) is 0.749. The molecule has 0 bridgehead atoms. The maximum atomic E-state index is 11.7. The summed E-state index contributed by atoms with van der Waals surface area (Å²) >= 11 is 1.65. The van der Waals surface area contributed by atoms with Crippen LogP contribution in [0.2, 0.25) is 0 Å². The van der Waals surface area contributed by atoms with Crippen molar-refractivity contribution in [1.29, 1.82) is 0 Å². The van der Waals surface area contributed by atoms with Crippen LogP contribution in [-0.4, -0.2) is 17.1 Å². The lowest BCUT2D eigenvalue weighted by atomic mass is 10.3. The molecule has 0 aliphatic carbocycles. The predicted molar refractivity (Wildman–Crippen MR) is 61.4 cm³/mol. The highest BCUT2D eigenvalue weighted by atomic mass is 32.1. The average molecular weight is 223 g/mol. The molecule has 2 rings (SSSR count). The number of carbonyl (C=O) groups excluding carboxylic acids is 1. The third-order valence-electron chi connectivity index (χ3n) is 2.30. The topological polar surface area (TPSA) is 31.2 Å². The molecule has 2 aromatic heterocycles. The molecule has 0 fully saturated rings. The van der Waals surface area contributed by atoms with Crippen LogP contribution < -0.4 is 0 Å². The van der Waals surface area contributed by atoms with Crippen LogP contribution in [0.3, 0.4) is 0 Å². The van der Waals surface area contributed by atoms with Crippen molar-refractivity contribution in [3.05, 3.63) is 23.2 Å². The number of rotatable bonds is 3. The molecule has 0 unspecified atom stereocenters. The standard InChI is InChI=1S/C11H13NO2S/c1-3-12-9(11(13)14-4-2)7-8-5-6-15-10(8)12/h5-7H,3-4H2,1-2H3. The van der Waals surface area contributed by atoms with Gasteiger partial charge in [0.25, 0.3) is 0 Å². The number of carbonyl (C=O) groups is 1. The summed E-state index contributed by atoms with van der Waals surface area (Å²) in [5.74, 6) is -0.234. The van der Waals surface area contributed by atoms with Crippen molar-refractivity contribution in [2.24, 2.45) is 0 Å². The summed E-state index contributed by atoms with van der Waals surface area (Å²) in [6.45, 7) is 5.06. The number of thiophene rings is 1. The van der Waals surface area contributed by atoms with E-state index < -0.39 is 0 Å². The van der Waals surface area contributed by atoms with Crippen molar-refractivity contribution in [3.63, 3.8) is 0 Å². The van der Waals surface area contributed by atoms with E-state index in [1.54, 1.807) is 11.3 Å². The van der Waals surface area contributed by atoms with Gasteiger partial charge in [-0.3, -0.25) is 0 Å². The minimum absolute atomic E-state index is 0.234. The number of hydrogen-bond donors (Lipinski definition) is 0. The molecule has 0 amide bonds. The van der Waals surface area contributed by atoms with Crippen LogP contribution in [0.5, 0.6) is 0 Å². The Morgan fingerprint density at radius 2 is 2.33 bits per heavy atom. The summed E-state index contributed by atoms with van der Waals surface area (Å²) in [6.07, 6.45) is 0. The number of aromatic nitrogens is 1. The van der Waals surface area contributed by atoms with E-state index in [1.807, 2.05) is 35.9 Å². The van der Waals surface area contributed by atoms with Crippen LogP contribution in [-0.2, 0) is 11.3 Å². The number of aryl methyl sites for hydroxylation is 1. The molecule has 0 atom stereocenters. The molecule has 0 saturated heterocycles. The summed E-state index contributed by atoms with van der Waals surface area (Å²) < 4.78 is 7.01. The van der Waals surface area contributed by atoms with E-state index in [4.69, 9.17) is 4.74 Å². The third-order valence-corrected chi connectivity index (χ3v) is 3.25. The van der Waals surface area contributed by atoms with Crippen LogP contribution in [0, 0.1) is 0 Å². The fourth-order valence-electron chi connectivity index (χ4n) is 1.66. The lowest BCUT2D eigenvalue weighted by molar-refractivity contribution is 0.0514. The molecule has 0 radical (unpaired) electrons. The zero-order chi connectivity index (χ0) is 10.8. The van der Waals surface area contributed by atoms with Gasteiger partial charge in [-0.25, -0.2) is 4.79 Å². The van der Waals surface area contributed by atoms with E-state index in [1.165, 1.54) is 0 Å². The van der Waals surface area contributed by atoms with Crippen molar-refractivity contribution in [2.45, 2.75) is 20.4 Å². The maximum Gasteiger partial charge on any atom is 0.354 e. The molecule has 3 nitrogen and oxygen atoms in total. The molecule has 0 aliphatic rings. The number of hydrogen-bond acceptors (Lipinski definition) is 3. The van der Waals surface area contributed by atoms with Gasteiger partial charge in [-0.2, -0.15) is 0 Å². The minimum atomic E-state index is -0.234. The van der Waals surface area contributed by atoms with Crippen molar-refractivity contribution >= 4 is 27.5 Å². The first-order valence-corrected chi connectivity index (χ1v) is 5.89. The van der Waals surface area contributed by atoms with Gasteiger partial charge >= 0.3 is 5.97 Å². The fraction of sp³-hybridized carbons (Fsp3) is 0.364. The Balaban J connectivity index is 2.49. The minimum Gasteiger partial charge on any atom is -0.461 e. The second-order valence-corrected chi connectivity index (χ2v) is 4.07. The molecule has 0 N–H and O–H groups in total. The third kappa shape index (κ3) is 1.65. The van der Waals surface area contributed by atoms with Crippen molar-refractivity contribution < 1.29 is 9.53 Å². The monoisotopic (exact) mass is 223 g/mol. The normalized spacial score (nSPS) is 10.8. The predicted octanol–water partition coefficient (Wildman–Crippen LogP) is 2.90. The zero-order valence-corrected chi connectivity index (χ0v) is 9.63. The van der Waals surface area contributed by atoms with E-state index in [2.05, 4.69) is 0 Å². The molecule has 15 heavy (non-hydrogen) atoms. The van der Waals surface area contributed by atoms with Crippen LogP contribution in [0.1, 0.15) is 24.3 Å². The number of nitrogens with zero attached hydrogens (tertiary/aromatic N) is 1. The van der Waals surface area contributed by atoms with Gasteiger partial charge < -0.3 is 9.30 Å². The summed E-state index contributed by atoms with van der Waals surface area (Å²) in [5.41, 5.74) is 0.654. The van der Waals surface area contributed by atoms with Crippen molar-refractivity contribution in [2.75, 3.05) is 6.61 Å². The van der Waals surface area contributed by atoms with Gasteiger partial charge in [-0.15, -0.1) is 11.3 Å².